The van der Waals surface area contributed by atoms with E-state index in [4.69, 9.17) is 0 Å². The molecule has 2 N–H and O–H groups in total. The van der Waals surface area contributed by atoms with E-state index < -0.39 is 0 Å². The second-order valence-electron chi connectivity index (χ2n) is 2.66. The van der Waals surface area contributed by atoms with Gasteiger partial charge in [0.2, 0.25) is 0 Å². The van der Waals surface area contributed by atoms with Crippen LogP contribution in [0.3, 0.4) is 0 Å². The molecule has 0 bridgehead atoms. The Morgan fingerprint density at radius 1 is 1.33 bits per heavy atom. The molecule has 15 heavy (non-hydrogen) atoms. The van der Waals surface area contributed by atoms with Gasteiger partial charge in [0.1, 0.15) is 5.82 Å². The zero-order valence-corrected chi connectivity index (χ0v) is 7.55. The van der Waals surface area contributed by atoms with Crippen LogP contribution in [0.15, 0.2) is 29.4 Å². The van der Waals surface area contributed by atoms with Gasteiger partial charge in [-0.05, 0) is 22.9 Å². The van der Waals surface area contributed by atoms with Crippen molar-refractivity contribution in [2.45, 2.75) is 0 Å². The molecule has 2 rings (SSSR count). The van der Waals surface area contributed by atoms with E-state index in [0.717, 1.165) is 5.56 Å². The van der Waals surface area contributed by atoms with Crippen molar-refractivity contribution in [1.29, 1.82) is 0 Å². The second kappa shape index (κ2) is 4.27. The number of H-pyrrole nitrogens is 1. The Morgan fingerprint density at radius 3 is 2.80 bits per heavy atom. The van der Waals surface area contributed by atoms with Crippen LogP contribution < -0.4 is 5.43 Å². The Kier molecular flexibility index (Phi) is 2.63. The maximum absolute atomic E-state index is 12.5. The zero-order chi connectivity index (χ0) is 10.5. The quantitative estimate of drug-likeness (QED) is 0.574. The van der Waals surface area contributed by atoms with Crippen LogP contribution in [0, 0.1) is 5.82 Å². The Labute approximate surface area is 84.2 Å². The van der Waals surface area contributed by atoms with Gasteiger partial charge in [0.25, 0.3) is 5.95 Å². The third-order valence-corrected chi connectivity index (χ3v) is 1.59. The van der Waals surface area contributed by atoms with Gasteiger partial charge in [0.15, 0.2) is 0 Å². The van der Waals surface area contributed by atoms with E-state index in [9.17, 15) is 4.39 Å². The van der Waals surface area contributed by atoms with Gasteiger partial charge < -0.3 is 0 Å². The molecule has 7 heteroatoms. The average Bonchev–Trinajstić information content (AvgIpc) is 2.74. The highest BCUT2D eigenvalue weighted by Gasteiger charge is 1.92. The number of aromatic amines is 1. The molecule has 0 atom stereocenters. The molecule has 0 aliphatic heterocycles. The predicted octanol–water partition coefficient (Wildman–Crippen LogP) is 0.785. The minimum atomic E-state index is -0.279. The lowest BCUT2D eigenvalue weighted by Crippen LogP contribution is -1.92. The van der Waals surface area contributed by atoms with E-state index in [1.807, 2.05) is 0 Å². The van der Waals surface area contributed by atoms with Crippen molar-refractivity contribution >= 4 is 12.2 Å². The van der Waals surface area contributed by atoms with E-state index in [1.54, 1.807) is 12.1 Å². The van der Waals surface area contributed by atoms with Crippen molar-refractivity contribution in [3.63, 3.8) is 0 Å². The largest absolute Gasteiger partial charge is 0.283 e. The number of nitrogens with zero attached hydrogens (tertiary/aromatic N) is 4. The second-order valence-corrected chi connectivity index (χ2v) is 2.66. The molecule has 76 valence electrons. The Balaban J connectivity index is 1.97. The minimum absolute atomic E-state index is 0.272. The number of tetrazole rings is 1. The number of nitrogens with one attached hydrogen (secondary N) is 2. The normalized spacial score (nSPS) is 10.7. The summed E-state index contributed by atoms with van der Waals surface area (Å²) in [5.74, 6) is -0.00774. The fourth-order valence-corrected chi connectivity index (χ4v) is 0.923. The summed E-state index contributed by atoms with van der Waals surface area (Å²) in [7, 11) is 0. The predicted molar refractivity (Wildman–Crippen MR) is 51.8 cm³/mol. The maximum atomic E-state index is 12.5. The van der Waals surface area contributed by atoms with Crippen LogP contribution in [-0.4, -0.2) is 26.8 Å². The van der Waals surface area contributed by atoms with Gasteiger partial charge in [0.05, 0.1) is 6.21 Å². The van der Waals surface area contributed by atoms with Crippen molar-refractivity contribution in [2.75, 3.05) is 5.43 Å². The van der Waals surface area contributed by atoms with Crippen molar-refractivity contribution in [3.8, 4) is 0 Å². The van der Waals surface area contributed by atoms with Gasteiger partial charge >= 0.3 is 0 Å². The van der Waals surface area contributed by atoms with Crippen LogP contribution in [0.2, 0.25) is 0 Å². The monoisotopic (exact) mass is 206 g/mol. The topological polar surface area (TPSA) is 78.9 Å². The highest BCUT2D eigenvalue weighted by atomic mass is 19.1. The third-order valence-electron chi connectivity index (χ3n) is 1.59. The van der Waals surface area contributed by atoms with E-state index in [1.165, 1.54) is 18.3 Å². The minimum Gasteiger partial charge on any atom is -0.243 e. The van der Waals surface area contributed by atoms with Crippen molar-refractivity contribution in [3.05, 3.63) is 35.6 Å². The Morgan fingerprint density at radius 2 is 2.13 bits per heavy atom. The molecule has 0 spiro atoms. The Hall–Kier alpha value is -2.31. The fraction of sp³-hybridized carbons (Fsp3) is 0. The van der Waals surface area contributed by atoms with Crippen molar-refractivity contribution in [1.82, 2.24) is 20.6 Å². The number of benzene rings is 1. The van der Waals surface area contributed by atoms with Crippen molar-refractivity contribution in [2.24, 2.45) is 5.10 Å². The summed E-state index contributed by atoms with van der Waals surface area (Å²) in [6.07, 6.45) is 1.52. The first-order valence-electron chi connectivity index (χ1n) is 4.13. The Bertz CT molecular complexity index is 435. The average molecular weight is 206 g/mol. The molecular formula is C8H7FN6. The van der Waals surface area contributed by atoms with Crippen molar-refractivity contribution < 1.29 is 4.39 Å². The van der Waals surface area contributed by atoms with Gasteiger partial charge in [-0.1, -0.05) is 17.2 Å². The van der Waals surface area contributed by atoms with E-state index in [0.29, 0.717) is 0 Å². The molecule has 0 radical (unpaired) electrons. The molecule has 0 fully saturated rings. The van der Waals surface area contributed by atoms with Crippen LogP contribution >= 0.6 is 0 Å². The van der Waals surface area contributed by atoms with Gasteiger partial charge in [-0.15, -0.1) is 5.10 Å². The fourth-order valence-electron chi connectivity index (χ4n) is 0.923. The van der Waals surface area contributed by atoms with Gasteiger partial charge in [0, 0.05) is 0 Å². The lowest BCUT2D eigenvalue weighted by molar-refractivity contribution is 0.628. The first-order valence-corrected chi connectivity index (χ1v) is 4.13. The molecule has 0 aliphatic rings. The highest BCUT2D eigenvalue weighted by Crippen LogP contribution is 2.00. The number of aromatic nitrogens is 4. The number of hydrazone groups is 1. The van der Waals surface area contributed by atoms with Crippen LogP contribution in [-0.2, 0) is 0 Å². The van der Waals surface area contributed by atoms with Gasteiger partial charge in [-0.25, -0.2) is 9.82 Å². The summed E-state index contributed by atoms with van der Waals surface area (Å²) >= 11 is 0. The van der Waals surface area contributed by atoms with Gasteiger partial charge in [-0.3, -0.25) is 0 Å². The summed E-state index contributed by atoms with van der Waals surface area (Å²) < 4.78 is 12.5. The SMILES string of the molecule is Fc1ccc(C=NNc2nn[nH]n2)cc1. The molecular weight excluding hydrogens is 199 g/mol. The summed E-state index contributed by atoms with van der Waals surface area (Å²) in [6.45, 7) is 0. The van der Waals surface area contributed by atoms with E-state index >= 15 is 0 Å². The lowest BCUT2D eigenvalue weighted by atomic mass is 10.2. The summed E-state index contributed by atoms with van der Waals surface area (Å²) in [5.41, 5.74) is 3.32. The molecule has 1 aromatic heterocycles. The van der Waals surface area contributed by atoms with Crippen LogP contribution in [0.5, 0.6) is 0 Å². The number of hydrogen-bond acceptors (Lipinski definition) is 5. The zero-order valence-electron chi connectivity index (χ0n) is 7.55. The molecule has 0 amide bonds. The molecule has 2 aromatic rings. The lowest BCUT2D eigenvalue weighted by Gasteiger charge is -1.92. The van der Waals surface area contributed by atoms with Crippen LogP contribution in [0.25, 0.3) is 0 Å². The van der Waals surface area contributed by atoms with Gasteiger partial charge in [-0.2, -0.15) is 10.3 Å². The molecule has 1 aromatic carbocycles. The maximum Gasteiger partial charge on any atom is 0.283 e. The number of rotatable bonds is 3. The highest BCUT2D eigenvalue weighted by molar-refractivity contribution is 5.79. The molecule has 6 nitrogen and oxygen atoms in total. The summed E-state index contributed by atoms with van der Waals surface area (Å²) in [5, 5.41) is 16.7. The van der Waals surface area contributed by atoms with Crippen LogP contribution in [0.1, 0.15) is 5.56 Å². The molecule has 0 unspecified atom stereocenters. The molecule has 0 aliphatic carbocycles. The van der Waals surface area contributed by atoms with E-state index in [2.05, 4.69) is 31.2 Å². The summed E-state index contributed by atoms with van der Waals surface area (Å²) in [6, 6.07) is 5.93. The van der Waals surface area contributed by atoms with Crippen LogP contribution in [0.4, 0.5) is 10.3 Å². The first-order chi connectivity index (χ1) is 7.34. The first kappa shape index (κ1) is 9.25. The molecule has 1 heterocycles. The number of hydrogen-bond donors (Lipinski definition) is 2. The number of anilines is 1. The standard InChI is InChI=1S/C8H7FN6/c9-7-3-1-6(2-4-7)5-10-11-8-12-14-15-13-8/h1-5H,(H2,11,12,13,14,15). The number of halogens is 1. The third kappa shape index (κ3) is 2.56. The molecule has 0 saturated carbocycles. The smallest absolute Gasteiger partial charge is 0.243 e. The van der Waals surface area contributed by atoms with E-state index in [-0.39, 0.29) is 11.8 Å². The summed E-state index contributed by atoms with van der Waals surface area (Å²) in [4.78, 5) is 0. The molecule has 0 saturated heterocycles.